The summed E-state index contributed by atoms with van der Waals surface area (Å²) in [6.45, 7) is 1.61. The van der Waals surface area contributed by atoms with Gasteiger partial charge >= 0.3 is 12.5 Å². The number of benzene rings is 3. The van der Waals surface area contributed by atoms with E-state index in [1.807, 2.05) is 0 Å². The van der Waals surface area contributed by atoms with Crippen LogP contribution in [0.1, 0.15) is 17.4 Å². The van der Waals surface area contributed by atoms with Gasteiger partial charge in [-0.3, -0.25) is 0 Å². The second-order valence-electron chi connectivity index (χ2n) is 10.2. The van der Waals surface area contributed by atoms with Crippen molar-refractivity contribution in [2.45, 2.75) is 30.8 Å². The van der Waals surface area contributed by atoms with Crippen LogP contribution in [0, 0.1) is 6.92 Å². The third kappa shape index (κ3) is 7.26. The van der Waals surface area contributed by atoms with Crippen molar-refractivity contribution >= 4 is 9.84 Å². The average Bonchev–Trinajstić information content (AvgIpc) is 3.59. The van der Waals surface area contributed by atoms with E-state index in [1.165, 1.54) is 42.9 Å². The van der Waals surface area contributed by atoms with Crippen LogP contribution in [0.4, 0.5) is 26.3 Å². The SMILES string of the molecule is COCCc1nc(-c2cc(-c3cccc(S(C)(=O)=O)c3)ccc2-n2cc(C(F)(F)F)nc2C)c(-c2ccc(OC(F)(F)F)cc2)o1. The van der Waals surface area contributed by atoms with Gasteiger partial charge in [0.15, 0.2) is 27.2 Å². The van der Waals surface area contributed by atoms with Crippen molar-refractivity contribution < 1.29 is 48.7 Å². The van der Waals surface area contributed by atoms with E-state index in [0.717, 1.165) is 24.6 Å². The minimum Gasteiger partial charge on any atom is -0.440 e. The van der Waals surface area contributed by atoms with E-state index >= 15 is 0 Å². The van der Waals surface area contributed by atoms with Gasteiger partial charge in [0, 0.05) is 37.1 Å². The van der Waals surface area contributed by atoms with Gasteiger partial charge in [0.1, 0.15) is 17.3 Å². The van der Waals surface area contributed by atoms with Gasteiger partial charge in [0.2, 0.25) is 0 Å². The quantitative estimate of drug-likeness (QED) is 0.149. The van der Waals surface area contributed by atoms with Gasteiger partial charge in [-0.1, -0.05) is 18.2 Å². The Bertz CT molecular complexity index is 1980. The monoisotopic (exact) mass is 665 g/mol. The molecule has 0 radical (unpaired) electrons. The Morgan fingerprint density at radius 3 is 2.17 bits per heavy atom. The minimum atomic E-state index is -4.91. The second kappa shape index (κ2) is 12.3. The Morgan fingerprint density at radius 1 is 0.891 bits per heavy atom. The van der Waals surface area contributed by atoms with E-state index in [4.69, 9.17) is 9.15 Å². The number of aryl methyl sites for hydroxylation is 1. The highest BCUT2D eigenvalue weighted by atomic mass is 32.2. The molecule has 5 aromatic rings. The Balaban J connectivity index is 1.75. The Morgan fingerprint density at radius 2 is 1.57 bits per heavy atom. The Kier molecular flexibility index (Phi) is 8.75. The highest BCUT2D eigenvalue weighted by Gasteiger charge is 2.35. The third-order valence-electron chi connectivity index (χ3n) is 6.82. The lowest BCUT2D eigenvalue weighted by molar-refractivity contribution is -0.274. The largest absolute Gasteiger partial charge is 0.573 e. The smallest absolute Gasteiger partial charge is 0.440 e. The Labute approximate surface area is 259 Å². The first-order valence-corrected chi connectivity index (χ1v) is 15.4. The summed E-state index contributed by atoms with van der Waals surface area (Å²) in [7, 11) is -2.10. The van der Waals surface area contributed by atoms with E-state index in [-0.39, 0.29) is 52.3 Å². The lowest BCUT2D eigenvalue weighted by atomic mass is 9.98. The van der Waals surface area contributed by atoms with Crippen LogP contribution < -0.4 is 4.74 Å². The topological polar surface area (TPSA) is 96.5 Å². The fourth-order valence-corrected chi connectivity index (χ4v) is 5.39. The number of halogens is 6. The molecule has 0 saturated carbocycles. The van der Waals surface area contributed by atoms with E-state index in [1.54, 1.807) is 30.3 Å². The van der Waals surface area contributed by atoms with Crippen molar-refractivity contribution in [3.05, 3.63) is 90.3 Å². The van der Waals surface area contributed by atoms with Gasteiger partial charge in [-0.25, -0.2) is 18.4 Å². The minimum absolute atomic E-state index is 0.0127. The molecule has 0 amide bonds. The first kappa shape index (κ1) is 32.8. The van der Waals surface area contributed by atoms with Crippen molar-refractivity contribution in [1.29, 1.82) is 0 Å². The molecule has 8 nitrogen and oxygen atoms in total. The molecular formula is C31H25F6N3O5S. The highest BCUT2D eigenvalue weighted by Crippen LogP contribution is 2.40. The summed E-state index contributed by atoms with van der Waals surface area (Å²) in [5.74, 6) is -0.157. The van der Waals surface area contributed by atoms with Crippen molar-refractivity contribution in [3.63, 3.8) is 0 Å². The molecule has 5 rings (SSSR count). The molecule has 0 saturated heterocycles. The van der Waals surface area contributed by atoms with E-state index < -0.39 is 33.8 Å². The zero-order chi connectivity index (χ0) is 33.4. The Hall–Kier alpha value is -4.63. The van der Waals surface area contributed by atoms with Crippen LogP contribution in [0.3, 0.4) is 0 Å². The molecule has 0 N–H and O–H groups in total. The molecular weight excluding hydrogens is 640 g/mol. The van der Waals surface area contributed by atoms with Gasteiger partial charge in [0.25, 0.3) is 0 Å². The first-order chi connectivity index (χ1) is 21.5. The van der Waals surface area contributed by atoms with Crippen molar-refractivity contribution in [1.82, 2.24) is 14.5 Å². The van der Waals surface area contributed by atoms with Gasteiger partial charge in [-0.15, -0.1) is 13.2 Å². The molecule has 0 spiro atoms. The summed E-state index contributed by atoms with van der Waals surface area (Å²) in [5, 5.41) is 0. The lowest BCUT2D eigenvalue weighted by Gasteiger charge is -2.14. The maximum absolute atomic E-state index is 13.6. The normalized spacial score (nSPS) is 12.5. The fraction of sp³-hybridized carbons (Fsp3) is 0.226. The first-order valence-electron chi connectivity index (χ1n) is 13.5. The molecule has 242 valence electrons. The fourth-order valence-electron chi connectivity index (χ4n) is 4.72. The number of ether oxygens (including phenoxy) is 2. The third-order valence-corrected chi connectivity index (χ3v) is 7.93. The zero-order valence-corrected chi connectivity index (χ0v) is 25.2. The number of alkyl halides is 6. The molecule has 2 aromatic heterocycles. The average molecular weight is 666 g/mol. The van der Waals surface area contributed by atoms with Crippen LogP contribution in [-0.2, 0) is 27.2 Å². The highest BCUT2D eigenvalue weighted by molar-refractivity contribution is 7.90. The number of nitrogens with zero attached hydrogens (tertiary/aromatic N) is 3. The van der Waals surface area contributed by atoms with Crippen molar-refractivity contribution in [3.8, 4) is 45.1 Å². The summed E-state index contributed by atoms with van der Waals surface area (Å²) in [6, 6.07) is 15.7. The summed E-state index contributed by atoms with van der Waals surface area (Å²) >= 11 is 0. The van der Waals surface area contributed by atoms with Crippen LogP contribution in [0.15, 0.2) is 82.2 Å². The zero-order valence-electron chi connectivity index (χ0n) is 24.4. The van der Waals surface area contributed by atoms with Crippen molar-refractivity contribution in [2.75, 3.05) is 20.0 Å². The van der Waals surface area contributed by atoms with Gasteiger partial charge in [-0.2, -0.15) is 13.2 Å². The maximum Gasteiger partial charge on any atom is 0.573 e. The van der Waals surface area contributed by atoms with Crippen LogP contribution >= 0.6 is 0 Å². The molecule has 0 aliphatic carbocycles. The number of aromatic nitrogens is 3. The van der Waals surface area contributed by atoms with Gasteiger partial charge in [-0.05, 0) is 66.6 Å². The second-order valence-corrected chi connectivity index (χ2v) is 12.2. The number of imidazole rings is 1. The number of sulfone groups is 1. The molecule has 46 heavy (non-hydrogen) atoms. The van der Waals surface area contributed by atoms with Crippen LogP contribution in [-0.4, -0.2) is 49.3 Å². The van der Waals surface area contributed by atoms with E-state index in [9.17, 15) is 34.8 Å². The summed E-state index contributed by atoms with van der Waals surface area (Å²) in [4.78, 5) is 8.37. The van der Waals surface area contributed by atoms with Gasteiger partial charge < -0.3 is 18.5 Å². The molecule has 0 fully saturated rings. The molecule has 3 aromatic carbocycles. The summed E-state index contributed by atoms with van der Waals surface area (Å²) < 4.78 is 120. The number of hydrogen-bond donors (Lipinski definition) is 0. The van der Waals surface area contributed by atoms with Gasteiger partial charge in [0.05, 0.1) is 17.2 Å². The summed E-state index contributed by atoms with van der Waals surface area (Å²) in [6.07, 6.45) is -7.53. The molecule has 0 atom stereocenters. The van der Waals surface area contributed by atoms with Crippen LogP contribution in [0.25, 0.3) is 39.4 Å². The number of oxazole rings is 1. The van der Waals surface area contributed by atoms with E-state index in [2.05, 4.69) is 14.7 Å². The molecule has 0 aliphatic heterocycles. The summed E-state index contributed by atoms with van der Waals surface area (Å²) in [5.41, 5.74) is 0.833. The van der Waals surface area contributed by atoms with Crippen molar-refractivity contribution in [2.24, 2.45) is 0 Å². The molecule has 0 aliphatic rings. The molecule has 0 bridgehead atoms. The maximum atomic E-state index is 13.6. The molecule has 15 heteroatoms. The molecule has 0 unspecified atom stereocenters. The lowest BCUT2D eigenvalue weighted by Crippen LogP contribution is -2.16. The van der Waals surface area contributed by atoms with Crippen LogP contribution in [0.5, 0.6) is 5.75 Å². The van der Waals surface area contributed by atoms with E-state index in [0.29, 0.717) is 16.7 Å². The number of hydrogen-bond acceptors (Lipinski definition) is 7. The predicted octanol–water partition coefficient (Wildman–Crippen LogP) is 7.68. The number of rotatable bonds is 9. The molecule has 2 heterocycles. The number of methoxy groups -OCH3 is 1. The standard InChI is InChI=1S/C31H25F6N3O5S/c1-18-38-26(30(32,33)34)17-40(18)25-12-9-21(20-5-4-6-23(15-20)46(3,41)42)16-24(25)28-29(44-27(39-28)13-14-43-2)19-7-10-22(11-8-19)45-31(35,36)37/h4-12,15-17H,13-14H2,1-3H3. The van der Waals surface area contributed by atoms with Crippen LogP contribution in [0.2, 0.25) is 0 Å². The predicted molar refractivity (Wildman–Crippen MR) is 155 cm³/mol.